The molecule has 1 fully saturated rings. The van der Waals surface area contributed by atoms with Crippen molar-refractivity contribution in [2.75, 3.05) is 37.6 Å². The quantitative estimate of drug-likeness (QED) is 0.706. The largest absolute Gasteiger partial charge is 0.354 e. The second-order valence-electron chi connectivity index (χ2n) is 7.11. The van der Waals surface area contributed by atoms with Crippen LogP contribution in [0.2, 0.25) is 0 Å². The minimum Gasteiger partial charge on any atom is -0.354 e. The van der Waals surface area contributed by atoms with Gasteiger partial charge in [-0.2, -0.15) is 0 Å². The number of nitrogens with zero attached hydrogens (tertiary/aromatic N) is 4. The van der Waals surface area contributed by atoms with Gasteiger partial charge in [0, 0.05) is 62.2 Å². The van der Waals surface area contributed by atoms with Crippen LogP contribution in [0.1, 0.15) is 30.3 Å². The van der Waals surface area contributed by atoms with Gasteiger partial charge in [0.1, 0.15) is 5.82 Å². The monoisotopic (exact) mass is 381 g/mol. The zero-order valence-corrected chi connectivity index (χ0v) is 16.9. The smallest absolute Gasteiger partial charge is 0.128 e. The van der Waals surface area contributed by atoms with Crippen LogP contribution in [0.15, 0.2) is 42.9 Å². The molecule has 1 N–H and O–H groups in total. The standard InChI is InChI=1S/C21H27N5S/c1-3-25-8-10-26(11-9-25)21-5-4-17(14-24-21)13-23-16(2)19-12-18-6-7-22-15-20(18)27-19/h4-7,12,14-16,23H,3,8-11,13H2,1-2H3. The number of hydrogen-bond donors (Lipinski definition) is 1. The summed E-state index contributed by atoms with van der Waals surface area (Å²) in [6.45, 7) is 10.8. The number of rotatable bonds is 6. The Kier molecular flexibility index (Phi) is 5.66. The lowest BCUT2D eigenvalue weighted by Crippen LogP contribution is -2.46. The highest BCUT2D eigenvalue weighted by molar-refractivity contribution is 7.19. The topological polar surface area (TPSA) is 44.3 Å². The third-order valence-corrected chi connectivity index (χ3v) is 6.60. The number of thiophene rings is 1. The van der Waals surface area contributed by atoms with E-state index in [1.165, 1.54) is 20.5 Å². The minimum atomic E-state index is 0.309. The Labute approximate surface area is 165 Å². The normalized spacial score (nSPS) is 16.7. The van der Waals surface area contributed by atoms with Crippen LogP contribution in [0.25, 0.3) is 10.1 Å². The highest BCUT2D eigenvalue weighted by atomic mass is 32.1. The van der Waals surface area contributed by atoms with Crippen molar-refractivity contribution in [1.29, 1.82) is 0 Å². The van der Waals surface area contributed by atoms with Crippen molar-refractivity contribution in [3.8, 4) is 0 Å². The molecule has 3 aromatic rings. The Balaban J connectivity index is 1.33. The highest BCUT2D eigenvalue weighted by Crippen LogP contribution is 2.29. The molecule has 1 unspecified atom stereocenters. The summed E-state index contributed by atoms with van der Waals surface area (Å²) in [6.07, 6.45) is 5.81. The Morgan fingerprint density at radius 2 is 2.00 bits per heavy atom. The molecule has 0 bridgehead atoms. The van der Waals surface area contributed by atoms with Gasteiger partial charge in [0.25, 0.3) is 0 Å². The van der Waals surface area contributed by atoms with Crippen molar-refractivity contribution >= 4 is 27.2 Å². The van der Waals surface area contributed by atoms with Crippen molar-refractivity contribution < 1.29 is 0 Å². The predicted molar refractivity (Wildman–Crippen MR) is 113 cm³/mol. The van der Waals surface area contributed by atoms with Gasteiger partial charge in [-0.25, -0.2) is 4.98 Å². The van der Waals surface area contributed by atoms with E-state index in [1.54, 1.807) is 0 Å². The van der Waals surface area contributed by atoms with Crippen molar-refractivity contribution in [2.45, 2.75) is 26.4 Å². The number of fused-ring (bicyclic) bond motifs is 1. The second kappa shape index (κ2) is 8.33. The minimum absolute atomic E-state index is 0.309. The molecule has 1 saturated heterocycles. The van der Waals surface area contributed by atoms with Gasteiger partial charge in [-0.05, 0) is 42.6 Å². The molecular formula is C21H27N5S. The molecule has 0 aromatic carbocycles. The summed E-state index contributed by atoms with van der Waals surface area (Å²) in [5.74, 6) is 1.10. The third-order valence-electron chi connectivity index (χ3n) is 5.33. The molecule has 1 atom stereocenters. The van der Waals surface area contributed by atoms with Crippen LogP contribution in [0.5, 0.6) is 0 Å². The van der Waals surface area contributed by atoms with Crippen LogP contribution in [0, 0.1) is 0 Å². The first kappa shape index (κ1) is 18.3. The maximum absolute atomic E-state index is 4.70. The van der Waals surface area contributed by atoms with E-state index in [9.17, 15) is 0 Å². The Hall–Kier alpha value is -2.02. The number of hydrogen-bond acceptors (Lipinski definition) is 6. The van der Waals surface area contributed by atoms with E-state index in [4.69, 9.17) is 4.98 Å². The van der Waals surface area contributed by atoms with Crippen molar-refractivity contribution in [3.63, 3.8) is 0 Å². The summed E-state index contributed by atoms with van der Waals surface area (Å²) in [5.41, 5.74) is 1.22. The van der Waals surface area contributed by atoms with Gasteiger partial charge in [-0.3, -0.25) is 4.98 Å². The predicted octanol–water partition coefficient (Wildman–Crippen LogP) is 3.68. The first-order chi connectivity index (χ1) is 13.2. The van der Waals surface area contributed by atoms with E-state index < -0.39 is 0 Å². The summed E-state index contributed by atoms with van der Waals surface area (Å²) in [6, 6.07) is 9.00. The number of pyridine rings is 2. The van der Waals surface area contributed by atoms with Crippen LogP contribution < -0.4 is 10.2 Å². The second-order valence-corrected chi connectivity index (χ2v) is 8.23. The molecule has 1 aliphatic heterocycles. The third kappa shape index (κ3) is 4.29. The molecule has 27 heavy (non-hydrogen) atoms. The van der Waals surface area contributed by atoms with Crippen molar-refractivity contribution in [1.82, 2.24) is 20.2 Å². The molecule has 4 heterocycles. The summed E-state index contributed by atoms with van der Waals surface area (Å²) in [5, 5.41) is 4.89. The number of nitrogens with one attached hydrogen (secondary N) is 1. The number of anilines is 1. The molecule has 0 spiro atoms. The van der Waals surface area contributed by atoms with Gasteiger partial charge in [0.05, 0.1) is 4.70 Å². The van der Waals surface area contributed by atoms with E-state index in [0.29, 0.717) is 6.04 Å². The van der Waals surface area contributed by atoms with Crippen LogP contribution in [0.4, 0.5) is 5.82 Å². The number of aromatic nitrogens is 2. The maximum Gasteiger partial charge on any atom is 0.128 e. The molecule has 0 saturated carbocycles. The Morgan fingerprint density at radius 3 is 2.70 bits per heavy atom. The first-order valence-electron chi connectivity index (χ1n) is 9.72. The van der Waals surface area contributed by atoms with Crippen molar-refractivity contribution in [3.05, 3.63) is 53.3 Å². The van der Waals surface area contributed by atoms with Gasteiger partial charge in [-0.1, -0.05) is 13.0 Å². The lowest BCUT2D eigenvalue weighted by Gasteiger charge is -2.34. The van der Waals surface area contributed by atoms with Crippen LogP contribution >= 0.6 is 11.3 Å². The average Bonchev–Trinajstić information content (AvgIpc) is 3.17. The van der Waals surface area contributed by atoms with Crippen LogP contribution in [-0.2, 0) is 6.54 Å². The van der Waals surface area contributed by atoms with E-state index in [1.807, 2.05) is 29.9 Å². The fourth-order valence-corrected chi connectivity index (χ4v) is 4.55. The molecule has 1 aliphatic rings. The van der Waals surface area contributed by atoms with Gasteiger partial charge in [-0.15, -0.1) is 11.3 Å². The SMILES string of the molecule is CCN1CCN(c2ccc(CNC(C)c3cc4ccncc4s3)cn2)CC1. The highest BCUT2D eigenvalue weighted by Gasteiger charge is 2.16. The lowest BCUT2D eigenvalue weighted by molar-refractivity contribution is 0.270. The maximum atomic E-state index is 4.70. The summed E-state index contributed by atoms with van der Waals surface area (Å²) < 4.78 is 1.25. The summed E-state index contributed by atoms with van der Waals surface area (Å²) >= 11 is 1.81. The van der Waals surface area contributed by atoms with Crippen molar-refractivity contribution in [2.24, 2.45) is 0 Å². The van der Waals surface area contributed by atoms with Gasteiger partial charge >= 0.3 is 0 Å². The Morgan fingerprint density at radius 1 is 1.15 bits per heavy atom. The summed E-state index contributed by atoms with van der Waals surface area (Å²) in [4.78, 5) is 15.1. The molecule has 0 radical (unpaired) electrons. The number of likely N-dealkylation sites (N-methyl/N-ethyl adjacent to an activating group) is 1. The van der Waals surface area contributed by atoms with Gasteiger partial charge in [0.15, 0.2) is 0 Å². The molecule has 0 aliphatic carbocycles. The average molecular weight is 382 g/mol. The van der Waals surface area contributed by atoms with E-state index in [-0.39, 0.29) is 0 Å². The van der Waals surface area contributed by atoms with Crippen LogP contribution in [0.3, 0.4) is 0 Å². The summed E-state index contributed by atoms with van der Waals surface area (Å²) in [7, 11) is 0. The molecule has 0 amide bonds. The van der Waals surface area contributed by atoms with Crippen LogP contribution in [-0.4, -0.2) is 47.6 Å². The fraction of sp³-hybridized carbons (Fsp3) is 0.429. The lowest BCUT2D eigenvalue weighted by atomic mass is 10.2. The van der Waals surface area contributed by atoms with Gasteiger partial charge in [0.2, 0.25) is 0 Å². The zero-order valence-electron chi connectivity index (χ0n) is 16.1. The molecule has 142 valence electrons. The van der Waals surface area contributed by atoms with E-state index in [0.717, 1.165) is 45.1 Å². The molecule has 6 heteroatoms. The first-order valence-corrected chi connectivity index (χ1v) is 10.5. The van der Waals surface area contributed by atoms with Gasteiger partial charge < -0.3 is 15.1 Å². The molecule has 3 aromatic heterocycles. The molecular weight excluding hydrogens is 354 g/mol. The number of piperazine rings is 1. The van der Waals surface area contributed by atoms with E-state index >= 15 is 0 Å². The van der Waals surface area contributed by atoms with E-state index in [2.05, 4.69) is 58.2 Å². The molecule has 4 rings (SSSR count). The molecule has 5 nitrogen and oxygen atoms in total. The fourth-order valence-electron chi connectivity index (χ4n) is 3.49. The Bertz CT molecular complexity index is 835. The zero-order chi connectivity index (χ0) is 18.6.